The Morgan fingerprint density at radius 3 is 2.79 bits per heavy atom. The van der Waals surface area contributed by atoms with E-state index in [1.807, 2.05) is 24.3 Å². The van der Waals surface area contributed by atoms with Crippen molar-refractivity contribution in [3.63, 3.8) is 0 Å². The second-order valence-electron chi connectivity index (χ2n) is 6.11. The number of benzene rings is 2. The average Bonchev–Trinajstić information content (AvgIpc) is 3.18. The molecule has 0 spiro atoms. The van der Waals surface area contributed by atoms with Gasteiger partial charge in [0.1, 0.15) is 11.6 Å². The van der Waals surface area contributed by atoms with Gasteiger partial charge >= 0.3 is 0 Å². The molecule has 3 rings (SSSR count). The molecule has 1 aromatic heterocycles. The maximum Gasteiger partial charge on any atom is 0.246 e. The van der Waals surface area contributed by atoms with Crippen LogP contribution in [0.25, 0.3) is 11.4 Å². The minimum absolute atomic E-state index is 0.0479. The lowest BCUT2D eigenvalue weighted by Crippen LogP contribution is -2.28. The minimum Gasteiger partial charge on any atom is -0.497 e. The van der Waals surface area contributed by atoms with E-state index < -0.39 is 0 Å². The van der Waals surface area contributed by atoms with Crippen LogP contribution < -0.4 is 4.74 Å². The van der Waals surface area contributed by atoms with Gasteiger partial charge in [0.2, 0.25) is 17.6 Å². The maximum atomic E-state index is 12.9. The first-order chi connectivity index (χ1) is 13.5. The van der Waals surface area contributed by atoms with Gasteiger partial charge in [-0.2, -0.15) is 4.98 Å². The van der Waals surface area contributed by atoms with Crippen molar-refractivity contribution in [2.24, 2.45) is 0 Å². The molecule has 0 fully saturated rings. The molecule has 3 aromatic rings. The topological polar surface area (TPSA) is 68.5 Å². The zero-order chi connectivity index (χ0) is 19.9. The SMILES string of the molecule is COc1cccc(-c2noc(CN(C)C(=O)CSCc3ccc(F)cc3)n2)c1. The Kier molecular flexibility index (Phi) is 6.65. The van der Waals surface area contributed by atoms with Crippen LogP contribution in [0.3, 0.4) is 0 Å². The molecule has 1 heterocycles. The molecule has 0 saturated carbocycles. The van der Waals surface area contributed by atoms with Gasteiger partial charge in [-0.25, -0.2) is 4.39 Å². The summed E-state index contributed by atoms with van der Waals surface area (Å²) < 4.78 is 23.4. The summed E-state index contributed by atoms with van der Waals surface area (Å²) in [6.07, 6.45) is 0. The molecule has 0 aliphatic carbocycles. The van der Waals surface area contributed by atoms with Crippen LogP contribution >= 0.6 is 11.8 Å². The van der Waals surface area contributed by atoms with Crippen LogP contribution in [-0.4, -0.2) is 40.9 Å². The minimum atomic E-state index is -0.266. The van der Waals surface area contributed by atoms with Crippen molar-refractivity contribution in [2.75, 3.05) is 19.9 Å². The molecule has 1 amide bonds. The number of amides is 1. The highest BCUT2D eigenvalue weighted by Gasteiger charge is 2.15. The van der Waals surface area contributed by atoms with Crippen molar-refractivity contribution in [1.29, 1.82) is 0 Å². The summed E-state index contributed by atoms with van der Waals surface area (Å²) in [5.41, 5.74) is 1.75. The lowest BCUT2D eigenvalue weighted by Gasteiger charge is -2.14. The average molecular weight is 401 g/mol. The quantitative estimate of drug-likeness (QED) is 0.572. The number of methoxy groups -OCH3 is 1. The van der Waals surface area contributed by atoms with Crippen LogP contribution in [-0.2, 0) is 17.1 Å². The first kappa shape index (κ1) is 19.9. The fourth-order valence-corrected chi connectivity index (χ4v) is 3.36. The van der Waals surface area contributed by atoms with E-state index in [1.54, 1.807) is 31.2 Å². The Bertz CT molecular complexity index is 930. The predicted molar refractivity (Wildman–Crippen MR) is 105 cm³/mol. The van der Waals surface area contributed by atoms with E-state index in [-0.39, 0.29) is 18.3 Å². The Morgan fingerprint density at radius 1 is 1.25 bits per heavy atom. The molecular weight excluding hydrogens is 381 g/mol. The van der Waals surface area contributed by atoms with Crippen molar-refractivity contribution < 1.29 is 18.4 Å². The smallest absolute Gasteiger partial charge is 0.246 e. The molecule has 6 nitrogen and oxygen atoms in total. The van der Waals surface area contributed by atoms with Crippen molar-refractivity contribution in [2.45, 2.75) is 12.3 Å². The van der Waals surface area contributed by atoms with E-state index >= 15 is 0 Å². The van der Waals surface area contributed by atoms with Gasteiger partial charge in [-0.05, 0) is 29.8 Å². The fraction of sp³-hybridized carbons (Fsp3) is 0.250. The molecule has 0 N–H and O–H groups in total. The Balaban J connectivity index is 1.51. The normalized spacial score (nSPS) is 10.7. The third kappa shape index (κ3) is 5.32. The molecule has 2 aromatic carbocycles. The third-order valence-electron chi connectivity index (χ3n) is 4.00. The zero-order valence-electron chi connectivity index (χ0n) is 15.6. The predicted octanol–water partition coefficient (Wildman–Crippen LogP) is 3.78. The molecule has 0 aliphatic heterocycles. The van der Waals surface area contributed by atoms with E-state index in [1.165, 1.54) is 23.9 Å². The summed E-state index contributed by atoms with van der Waals surface area (Å²) in [6.45, 7) is 0.229. The number of carbonyl (C=O) groups is 1. The maximum absolute atomic E-state index is 12.9. The Labute approximate surface area is 166 Å². The summed E-state index contributed by atoms with van der Waals surface area (Å²) in [7, 11) is 3.28. The molecule has 8 heteroatoms. The third-order valence-corrected chi connectivity index (χ3v) is 4.99. The number of hydrogen-bond acceptors (Lipinski definition) is 6. The van der Waals surface area contributed by atoms with Gasteiger partial charge < -0.3 is 14.2 Å². The van der Waals surface area contributed by atoms with E-state index in [0.29, 0.717) is 29.0 Å². The molecule has 0 unspecified atom stereocenters. The monoisotopic (exact) mass is 401 g/mol. The van der Waals surface area contributed by atoms with Crippen molar-refractivity contribution in [3.8, 4) is 17.1 Å². The molecule has 0 bridgehead atoms. The van der Waals surface area contributed by atoms with Gasteiger partial charge in [-0.3, -0.25) is 4.79 Å². The van der Waals surface area contributed by atoms with Crippen LogP contribution in [0.5, 0.6) is 5.75 Å². The van der Waals surface area contributed by atoms with E-state index in [0.717, 1.165) is 11.1 Å². The second-order valence-corrected chi connectivity index (χ2v) is 7.10. The molecule has 0 aliphatic rings. The van der Waals surface area contributed by atoms with E-state index in [9.17, 15) is 9.18 Å². The number of carbonyl (C=O) groups excluding carboxylic acids is 1. The van der Waals surface area contributed by atoms with Gasteiger partial charge in [0, 0.05) is 18.4 Å². The number of aromatic nitrogens is 2. The van der Waals surface area contributed by atoms with E-state index in [2.05, 4.69) is 10.1 Å². The first-order valence-corrected chi connectivity index (χ1v) is 9.74. The van der Waals surface area contributed by atoms with Gasteiger partial charge in [0.25, 0.3) is 0 Å². The highest BCUT2D eigenvalue weighted by molar-refractivity contribution is 7.99. The highest BCUT2D eigenvalue weighted by Crippen LogP contribution is 2.21. The summed E-state index contributed by atoms with van der Waals surface area (Å²) in [4.78, 5) is 18.2. The molecular formula is C20H20FN3O3S. The van der Waals surface area contributed by atoms with Gasteiger partial charge in [-0.15, -0.1) is 11.8 Å². The fourth-order valence-electron chi connectivity index (χ4n) is 2.44. The summed E-state index contributed by atoms with van der Waals surface area (Å²) in [6, 6.07) is 13.6. The highest BCUT2D eigenvalue weighted by atomic mass is 32.2. The number of rotatable bonds is 8. The first-order valence-electron chi connectivity index (χ1n) is 8.58. The summed E-state index contributed by atoms with van der Waals surface area (Å²) in [5, 5.41) is 3.97. The van der Waals surface area contributed by atoms with Crippen LogP contribution in [0.1, 0.15) is 11.5 Å². The van der Waals surface area contributed by atoms with E-state index in [4.69, 9.17) is 9.26 Å². The van der Waals surface area contributed by atoms with Crippen LogP contribution in [0.4, 0.5) is 4.39 Å². The Hall–Kier alpha value is -2.87. The molecule has 28 heavy (non-hydrogen) atoms. The molecule has 146 valence electrons. The van der Waals surface area contributed by atoms with Crippen LogP contribution in [0, 0.1) is 5.82 Å². The second kappa shape index (κ2) is 9.36. The number of hydrogen-bond donors (Lipinski definition) is 0. The lowest BCUT2D eigenvalue weighted by molar-refractivity contribution is -0.127. The Morgan fingerprint density at radius 2 is 2.04 bits per heavy atom. The van der Waals surface area contributed by atoms with Gasteiger partial charge in [0.05, 0.1) is 19.4 Å². The lowest BCUT2D eigenvalue weighted by atomic mass is 10.2. The van der Waals surface area contributed by atoms with Gasteiger partial charge in [-0.1, -0.05) is 29.4 Å². The standard InChI is InChI=1S/C20H20FN3O3S/c1-24(19(25)13-28-12-14-6-8-16(21)9-7-14)11-18-22-20(23-27-18)15-4-3-5-17(10-15)26-2/h3-10H,11-13H2,1-2H3. The number of thioether (sulfide) groups is 1. The molecule has 0 atom stereocenters. The number of halogens is 1. The van der Waals surface area contributed by atoms with Crippen LogP contribution in [0.15, 0.2) is 53.1 Å². The zero-order valence-corrected chi connectivity index (χ0v) is 16.4. The van der Waals surface area contributed by atoms with Crippen molar-refractivity contribution in [1.82, 2.24) is 15.0 Å². The van der Waals surface area contributed by atoms with Crippen molar-refractivity contribution >= 4 is 17.7 Å². The largest absolute Gasteiger partial charge is 0.497 e. The van der Waals surface area contributed by atoms with Crippen molar-refractivity contribution in [3.05, 3.63) is 65.8 Å². The van der Waals surface area contributed by atoms with Gasteiger partial charge in [0.15, 0.2) is 0 Å². The number of nitrogens with zero attached hydrogens (tertiary/aromatic N) is 3. The van der Waals surface area contributed by atoms with Crippen LogP contribution in [0.2, 0.25) is 0 Å². The number of ether oxygens (including phenoxy) is 1. The molecule has 0 saturated heterocycles. The summed E-state index contributed by atoms with van der Waals surface area (Å²) >= 11 is 1.47. The molecule has 0 radical (unpaired) electrons. The summed E-state index contributed by atoms with van der Waals surface area (Å²) in [5.74, 6) is 2.14.